The van der Waals surface area contributed by atoms with Crippen molar-refractivity contribution in [2.75, 3.05) is 14.2 Å². The van der Waals surface area contributed by atoms with Gasteiger partial charge in [0.1, 0.15) is 17.2 Å². The van der Waals surface area contributed by atoms with Gasteiger partial charge in [0.05, 0.1) is 26.3 Å². The molecule has 0 radical (unpaired) electrons. The Morgan fingerprint density at radius 2 is 1.82 bits per heavy atom. The number of nitrogens with zero attached hydrogens (tertiary/aromatic N) is 2. The molecule has 6 heteroatoms. The van der Waals surface area contributed by atoms with Crippen LogP contribution in [0.4, 0.5) is 0 Å². The number of benzene rings is 2. The summed E-state index contributed by atoms with van der Waals surface area (Å²) in [5, 5.41) is 4.15. The third-order valence-corrected chi connectivity index (χ3v) is 4.46. The first-order chi connectivity index (χ1) is 13.6. The monoisotopic (exact) mass is 380 g/mol. The molecule has 146 valence electrons. The van der Waals surface area contributed by atoms with Gasteiger partial charge in [0.2, 0.25) is 5.91 Å². The molecule has 28 heavy (non-hydrogen) atoms. The van der Waals surface area contributed by atoms with Gasteiger partial charge in [-0.2, -0.15) is 0 Å². The van der Waals surface area contributed by atoms with Gasteiger partial charge < -0.3 is 18.9 Å². The fraction of sp³-hybridized carbons (Fsp3) is 0.273. The lowest BCUT2D eigenvalue weighted by Crippen LogP contribution is -2.29. The van der Waals surface area contributed by atoms with Crippen molar-refractivity contribution in [1.29, 1.82) is 0 Å². The summed E-state index contributed by atoms with van der Waals surface area (Å²) in [5.41, 5.74) is 2.54. The van der Waals surface area contributed by atoms with E-state index in [1.807, 2.05) is 55.5 Å². The van der Waals surface area contributed by atoms with E-state index >= 15 is 0 Å². The molecule has 0 spiro atoms. The van der Waals surface area contributed by atoms with Gasteiger partial charge in [-0.25, -0.2) is 0 Å². The molecule has 1 heterocycles. The number of hydrogen-bond acceptors (Lipinski definition) is 5. The Balaban J connectivity index is 1.81. The van der Waals surface area contributed by atoms with E-state index in [1.165, 1.54) is 0 Å². The standard InChI is InChI=1S/C22H24N2O4/c1-4-22(25)24(14-16-8-6-5-7-9-16)15-17-12-21(28-23-17)19-11-10-18(26-2)13-20(19)27-3/h5-13H,4,14-15H2,1-3H3. The van der Waals surface area contributed by atoms with Crippen LogP contribution in [0.2, 0.25) is 0 Å². The predicted molar refractivity (Wildman–Crippen MR) is 106 cm³/mol. The maximum atomic E-state index is 12.4. The fourth-order valence-corrected chi connectivity index (χ4v) is 2.97. The molecule has 0 aliphatic carbocycles. The summed E-state index contributed by atoms with van der Waals surface area (Å²) in [5.74, 6) is 1.98. The lowest BCUT2D eigenvalue weighted by molar-refractivity contribution is -0.132. The summed E-state index contributed by atoms with van der Waals surface area (Å²) in [6.07, 6.45) is 0.434. The number of carbonyl (C=O) groups excluding carboxylic acids is 1. The molecule has 3 aromatic rings. The predicted octanol–water partition coefficient (Wildman–Crippen LogP) is 4.30. The minimum atomic E-state index is 0.0652. The van der Waals surface area contributed by atoms with Crippen molar-refractivity contribution in [3.63, 3.8) is 0 Å². The van der Waals surface area contributed by atoms with E-state index in [-0.39, 0.29) is 5.91 Å². The zero-order valence-corrected chi connectivity index (χ0v) is 16.3. The van der Waals surface area contributed by atoms with Gasteiger partial charge in [-0.15, -0.1) is 0 Å². The zero-order chi connectivity index (χ0) is 19.9. The number of ether oxygens (including phenoxy) is 2. The lowest BCUT2D eigenvalue weighted by Gasteiger charge is -2.21. The van der Waals surface area contributed by atoms with Crippen molar-refractivity contribution in [2.45, 2.75) is 26.4 Å². The van der Waals surface area contributed by atoms with Crippen LogP contribution >= 0.6 is 0 Å². The topological polar surface area (TPSA) is 64.8 Å². The number of methoxy groups -OCH3 is 2. The van der Waals surface area contributed by atoms with E-state index in [2.05, 4.69) is 5.16 Å². The van der Waals surface area contributed by atoms with Crippen LogP contribution in [0.25, 0.3) is 11.3 Å². The largest absolute Gasteiger partial charge is 0.497 e. The van der Waals surface area contributed by atoms with E-state index in [9.17, 15) is 4.79 Å². The second-order valence-corrected chi connectivity index (χ2v) is 6.34. The molecular weight excluding hydrogens is 356 g/mol. The van der Waals surface area contributed by atoms with E-state index < -0.39 is 0 Å². The van der Waals surface area contributed by atoms with Gasteiger partial charge in [0.25, 0.3) is 0 Å². The number of carbonyl (C=O) groups is 1. The summed E-state index contributed by atoms with van der Waals surface area (Å²) < 4.78 is 16.2. The summed E-state index contributed by atoms with van der Waals surface area (Å²) in [6.45, 7) is 2.77. The zero-order valence-electron chi connectivity index (χ0n) is 16.3. The Hall–Kier alpha value is -3.28. The number of amides is 1. The quantitative estimate of drug-likeness (QED) is 0.583. The second kappa shape index (κ2) is 9.08. The third kappa shape index (κ3) is 4.52. The average molecular weight is 380 g/mol. The molecular formula is C22H24N2O4. The van der Waals surface area contributed by atoms with E-state index in [0.29, 0.717) is 42.5 Å². The number of aromatic nitrogens is 1. The normalized spacial score (nSPS) is 10.5. The SMILES string of the molecule is CCC(=O)N(Cc1ccccc1)Cc1cc(-c2ccc(OC)cc2OC)on1. The molecule has 0 aliphatic rings. The first-order valence-electron chi connectivity index (χ1n) is 9.14. The van der Waals surface area contributed by atoms with Crippen molar-refractivity contribution in [2.24, 2.45) is 0 Å². The van der Waals surface area contributed by atoms with Gasteiger partial charge in [-0.1, -0.05) is 42.4 Å². The third-order valence-electron chi connectivity index (χ3n) is 4.46. The van der Waals surface area contributed by atoms with Crippen molar-refractivity contribution in [1.82, 2.24) is 10.1 Å². The maximum Gasteiger partial charge on any atom is 0.222 e. The van der Waals surface area contributed by atoms with Gasteiger partial charge in [0, 0.05) is 25.1 Å². The maximum absolute atomic E-state index is 12.4. The highest BCUT2D eigenvalue weighted by Crippen LogP contribution is 2.33. The van der Waals surface area contributed by atoms with Crippen LogP contribution in [0.5, 0.6) is 11.5 Å². The molecule has 6 nitrogen and oxygen atoms in total. The molecule has 0 aliphatic heterocycles. The van der Waals surface area contributed by atoms with Crippen molar-refractivity contribution < 1.29 is 18.8 Å². The molecule has 0 saturated heterocycles. The van der Waals surface area contributed by atoms with Crippen molar-refractivity contribution >= 4 is 5.91 Å². The fourth-order valence-electron chi connectivity index (χ4n) is 2.97. The van der Waals surface area contributed by atoms with Crippen LogP contribution in [0.15, 0.2) is 59.1 Å². The van der Waals surface area contributed by atoms with Crippen LogP contribution in [0.1, 0.15) is 24.6 Å². The highest BCUT2D eigenvalue weighted by Gasteiger charge is 2.17. The second-order valence-electron chi connectivity index (χ2n) is 6.34. The van der Waals surface area contributed by atoms with Gasteiger partial charge >= 0.3 is 0 Å². The Kier molecular flexibility index (Phi) is 6.32. The molecule has 0 fully saturated rings. The Bertz CT molecular complexity index is 921. The Labute approximate surface area is 164 Å². The highest BCUT2D eigenvalue weighted by molar-refractivity contribution is 5.76. The molecule has 1 amide bonds. The van der Waals surface area contributed by atoms with Crippen LogP contribution in [-0.4, -0.2) is 30.2 Å². The summed E-state index contributed by atoms with van der Waals surface area (Å²) in [7, 11) is 3.20. The van der Waals surface area contributed by atoms with Crippen LogP contribution in [0.3, 0.4) is 0 Å². The lowest BCUT2D eigenvalue weighted by atomic mass is 10.1. The molecule has 3 rings (SSSR count). The summed E-state index contributed by atoms with van der Waals surface area (Å²) >= 11 is 0. The number of rotatable bonds is 8. The van der Waals surface area contributed by atoms with E-state index in [1.54, 1.807) is 25.2 Å². The van der Waals surface area contributed by atoms with Gasteiger partial charge in [0.15, 0.2) is 5.76 Å². The van der Waals surface area contributed by atoms with E-state index in [4.69, 9.17) is 14.0 Å². The smallest absolute Gasteiger partial charge is 0.222 e. The highest BCUT2D eigenvalue weighted by atomic mass is 16.5. The molecule has 2 aromatic carbocycles. The molecule has 0 unspecified atom stereocenters. The Morgan fingerprint density at radius 1 is 1.04 bits per heavy atom. The summed E-state index contributed by atoms with van der Waals surface area (Å²) in [4.78, 5) is 14.2. The average Bonchev–Trinajstić information content (AvgIpc) is 3.21. The molecule has 1 aromatic heterocycles. The van der Waals surface area contributed by atoms with Gasteiger partial charge in [-0.3, -0.25) is 4.79 Å². The van der Waals surface area contributed by atoms with Crippen LogP contribution in [-0.2, 0) is 17.9 Å². The summed E-state index contributed by atoms with van der Waals surface area (Å²) in [6, 6.07) is 17.2. The Morgan fingerprint density at radius 3 is 2.50 bits per heavy atom. The minimum absolute atomic E-state index is 0.0652. The molecule has 0 bridgehead atoms. The van der Waals surface area contributed by atoms with Crippen molar-refractivity contribution in [3.05, 3.63) is 65.9 Å². The minimum Gasteiger partial charge on any atom is -0.497 e. The molecule has 0 N–H and O–H groups in total. The molecule has 0 saturated carbocycles. The van der Waals surface area contributed by atoms with E-state index in [0.717, 1.165) is 11.1 Å². The van der Waals surface area contributed by atoms with Gasteiger partial charge in [-0.05, 0) is 17.7 Å². The van der Waals surface area contributed by atoms with Crippen LogP contribution in [0, 0.1) is 0 Å². The molecule has 0 atom stereocenters. The number of hydrogen-bond donors (Lipinski definition) is 0. The first-order valence-corrected chi connectivity index (χ1v) is 9.14. The van der Waals surface area contributed by atoms with Crippen LogP contribution < -0.4 is 9.47 Å². The first kappa shape index (κ1) is 19.5. The van der Waals surface area contributed by atoms with Crippen molar-refractivity contribution in [3.8, 4) is 22.8 Å².